The Labute approximate surface area is 185 Å². The molecule has 1 atom stereocenters. The van der Waals surface area contributed by atoms with E-state index in [4.69, 9.17) is 10.5 Å². The van der Waals surface area contributed by atoms with Gasteiger partial charge in [-0.3, -0.25) is 14.5 Å². The molecule has 2 aromatic carbocycles. The zero-order chi connectivity index (χ0) is 21.8. The lowest BCUT2D eigenvalue weighted by Crippen LogP contribution is -2.52. The van der Waals surface area contributed by atoms with Gasteiger partial charge in [0.25, 0.3) is 0 Å². The number of methoxy groups -OCH3 is 1. The maximum atomic E-state index is 13.5. The Morgan fingerprint density at radius 2 is 1.84 bits per heavy atom. The molecule has 0 saturated carbocycles. The van der Waals surface area contributed by atoms with E-state index in [9.17, 15) is 9.59 Å². The highest BCUT2D eigenvalue weighted by Gasteiger charge is 2.32. The number of fused-ring (bicyclic) bond motifs is 1. The summed E-state index contributed by atoms with van der Waals surface area (Å²) in [7, 11) is 1.61. The summed E-state index contributed by atoms with van der Waals surface area (Å²) >= 11 is 1.61. The first-order valence-corrected chi connectivity index (χ1v) is 11.0. The first kappa shape index (κ1) is 21.1. The molecule has 0 fully saturated rings. The third-order valence-corrected chi connectivity index (χ3v) is 6.45. The molecule has 0 radical (unpaired) electrons. The van der Waals surface area contributed by atoms with Gasteiger partial charge in [-0.05, 0) is 53.3 Å². The molecule has 31 heavy (non-hydrogen) atoms. The van der Waals surface area contributed by atoms with Crippen molar-refractivity contribution in [2.75, 3.05) is 18.6 Å². The number of rotatable bonds is 7. The molecule has 0 unspecified atom stereocenters. The fraction of sp³-hybridized carbons (Fsp3) is 0.250. The summed E-state index contributed by atoms with van der Waals surface area (Å²) in [6.45, 7) is 1.10. The fourth-order valence-electron chi connectivity index (χ4n) is 3.93. The lowest BCUT2D eigenvalue weighted by Gasteiger charge is -2.36. The van der Waals surface area contributed by atoms with Gasteiger partial charge in [0.15, 0.2) is 0 Å². The highest BCUT2D eigenvalue weighted by atomic mass is 32.1. The zero-order valence-corrected chi connectivity index (χ0v) is 18.2. The van der Waals surface area contributed by atoms with Crippen molar-refractivity contribution in [2.45, 2.75) is 25.6 Å². The van der Waals surface area contributed by atoms with Crippen LogP contribution in [0.1, 0.15) is 16.0 Å². The monoisotopic (exact) mass is 435 g/mol. The van der Waals surface area contributed by atoms with Crippen molar-refractivity contribution in [3.05, 3.63) is 82.0 Å². The summed E-state index contributed by atoms with van der Waals surface area (Å²) in [5, 5.41) is 2.00. The molecule has 1 aromatic heterocycles. The summed E-state index contributed by atoms with van der Waals surface area (Å²) in [4.78, 5) is 30.4. The van der Waals surface area contributed by atoms with E-state index in [-0.39, 0.29) is 12.5 Å². The van der Waals surface area contributed by atoms with Crippen LogP contribution in [-0.2, 0) is 29.1 Å². The minimum atomic E-state index is -0.502. The van der Waals surface area contributed by atoms with E-state index >= 15 is 0 Å². The fourth-order valence-corrected chi connectivity index (χ4v) is 4.62. The third-order valence-electron chi connectivity index (χ3n) is 5.59. The van der Waals surface area contributed by atoms with Crippen molar-refractivity contribution < 1.29 is 14.3 Å². The molecule has 0 spiro atoms. The van der Waals surface area contributed by atoms with Gasteiger partial charge in [-0.15, -0.1) is 11.3 Å². The topological polar surface area (TPSA) is 75.9 Å². The van der Waals surface area contributed by atoms with Crippen LogP contribution in [0.2, 0.25) is 0 Å². The molecule has 6 nitrogen and oxygen atoms in total. The van der Waals surface area contributed by atoms with E-state index in [0.29, 0.717) is 19.5 Å². The summed E-state index contributed by atoms with van der Waals surface area (Å²) in [6.07, 6.45) is 0.520. The van der Waals surface area contributed by atoms with Crippen molar-refractivity contribution in [3.8, 4) is 5.75 Å². The van der Waals surface area contributed by atoms with Crippen molar-refractivity contribution in [1.82, 2.24) is 4.90 Å². The van der Waals surface area contributed by atoms with Crippen LogP contribution in [0.5, 0.6) is 5.75 Å². The molecular weight excluding hydrogens is 410 g/mol. The molecule has 0 bridgehead atoms. The maximum absolute atomic E-state index is 13.5. The van der Waals surface area contributed by atoms with Gasteiger partial charge in [-0.25, -0.2) is 0 Å². The van der Waals surface area contributed by atoms with Crippen molar-refractivity contribution >= 4 is 28.8 Å². The predicted octanol–water partition coefficient (Wildman–Crippen LogP) is 3.20. The number of hydrogen-bond donors (Lipinski definition) is 1. The van der Waals surface area contributed by atoms with Crippen LogP contribution in [0.15, 0.2) is 66.0 Å². The van der Waals surface area contributed by atoms with Crippen LogP contribution in [-0.4, -0.2) is 36.4 Å². The van der Waals surface area contributed by atoms with E-state index in [0.717, 1.165) is 27.4 Å². The molecule has 3 aromatic rings. The van der Waals surface area contributed by atoms with Gasteiger partial charge >= 0.3 is 0 Å². The van der Waals surface area contributed by atoms with Crippen LogP contribution < -0.4 is 15.4 Å². The summed E-state index contributed by atoms with van der Waals surface area (Å²) < 4.78 is 5.25. The molecule has 160 valence electrons. The lowest BCUT2D eigenvalue weighted by atomic mass is 9.93. The first-order chi connectivity index (χ1) is 15.0. The van der Waals surface area contributed by atoms with Crippen molar-refractivity contribution in [2.24, 2.45) is 5.73 Å². The van der Waals surface area contributed by atoms with E-state index in [1.54, 1.807) is 23.3 Å². The van der Waals surface area contributed by atoms with Gasteiger partial charge in [0.1, 0.15) is 5.75 Å². The van der Waals surface area contributed by atoms with Crippen LogP contribution in [0, 0.1) is 0 Å². The number of ether oxygens (including phenoxy) is 1. The Balaban J connectivity index is 1.59. The number of nitrogens with two attached hydrogens (primary N) is 1. The lowest BCUT2D eigenvalue weighted by molar-refractivity contribution is -0.126. The number of anilines is 1. The van der Waals surface area contributed by atoms with Gasteiger partial charge in [0, 0.05) is 17.1 Å². The van der Waals surface area contributed by atoms with Crippen molar-refractivity contribution in [1.29, 1.82) is 0 Å². The molecule has 4 rings (SSSR count). The van der Waals surface area contributed by atoms with Gasteiger partial charge in [-0.2, -0.15) is 0 Å². The number of benzene rings is 2. The molecule has 7 heteroatoms. The minimum absolute atomic E-state index is 0.0794. The molecule has 1 aliphatic rings. The third kappa shape index (κ3) is 4.78. The number of carbonyl (C=O) groups is 2. The Morgan fingerprint density at radius 3 is 2.48 bits per heavy atom. The number of nitrogens with zero attached hydrogens (tertiary/aromatic N) is 2. The Morgan fingerprint density at radius 1 is 1.10 bits per heavy atom. The van der Waals surface area contributed by atoms with Crippen LogP contribution in [0.25, 0.3) is 0 Å². The highest BCUT2D eigenvalue weighted by Crippen LogP contribution is 2.26. The Bertz CT molecular complexity index is 1050. The highest BCUT2D eigenvalue weighted by molar-refractivity contribution is 7.09. The maximum Gasteiger partial charge on any atom is 0.241 e. The van der Waals surface area contributed by atoms with Crippen LogP contribution in [0.3, 0.4) is 0 Å². The molecule has 0 saturated heterocycles. The van der Waals surface area contributed by atoms with Crippen LogP contribution >= 0.6 is 11.3 Å². The Hall–Kier alpha value is -3.16. The number of hydrogen-bond acceptors (Lipinski definition) is 5. The molecular formula is C24H25N3O3S. The second kappa shape index (κ2) is 9.32. The second-order valence-corrected chi connectivity index (χ2v) is 8.59. The van der Waals surface area contributed by atoms with Gasteiger partial charge in [0.2, 0.25) is 11.8 Å². The SMILES string of the molecule is COc1ccc(N(Cc2cccs2)C(=O)CN2Cc3ccccc3C[C@@H]2C(N)=O)cc1. The smallest absolute Gasteiger partial charge is 0.241 e. The van der Waals surface area contributed by atoms with Gasteiger partial charge in [0.05, 0.1) is 26.2 Å². The van der Waals surface area contributed by atoms with Crippen molar-refractivity contribution in [3.63, 3.8) is 0 Å². The standard InChI is InChI=1S/C24H25N3O3S/c1-30-20-10-8-19(9-11-20)27(15-21-7-4-12-31-21)23(28)16-26-14-18-6-3-2-5-17(18)13-22(26)24(25)29/h2-12,22H,13-16H2,1H3,(H2,25,29)/t22-/m1/s1. The van der Waals surface area contributed by atoms with E-state index in [1.165, 1.54) is 0 Å². The van der Waals surface area contributed by atoms with Gasteiger partial charge < -0.3 is 15.4 Å². The summed E-state index contributed by atoms with van der Waals surface area (Å²) in [6, 6.07) is 18.9. The summed E-state index contributed by atoms with van der Waals surface area (Å²) in [5.41, 5.74) is 8.72. The Kier molecular flexibility index (Phi) is 6.34. The normalized spacial score (nSPS) is 15.8. The first-order valence-electron chi connectivity index (χ1n) is 10.1. The van der Waals surface area contributed by atoms with E-state index in [1.807, 2.05) is 70.9 Å². The average Bonchev–Trinajstić information content (AvgIpc) is 3.30. The molecule has 0 aliphatic carbocycles. The molecule has 2 amide bonds. The molecule has 2 N–H and O–H groups in total. The quantitative estimate of drug-likeness (QED) is 0.618. The van der Waals surface area contributed by atoms with E-state index in [2.05, 4.69) is 0 Å². The predicted molar refractivity (Wildman–Crippen MR) is 122 cm³/mol. The average molecular weight is 436 g/mol. The largest absolute Gasteiger partial charge is 0.497 e. The van der Waals surface area contributed by atoms with E-state index < -0.39 is 11.9 Å². The zero-order valence-electron chi connectivity index (χ0n) is 17.4. The number of thiophene rings is 1. The molecule has 2 heterocycles. The minimum Gasteiger partial charge on any atom is -0.497 e. The number of amides is 2. The number of carbonyl (C=O) groups excluding carboxylic acids is 2. The van der Waals surface area contributed by atoms with Gasteiger partial charge in [-0.1, -0.05) is 30.3 Å². The van der Waals surface area contributed by atoms with Crippen LogP contribution in [0.4, 0.5) is 5.69 Å². The molecule has 1 aliphatic heterocycles. The number of primary amides is 1. The second-order valence-electron chi connectivity index (χ2n) is 7.55. The summed E-state index contributed by atoms with van der Waals surface area (Å²) in [5.74, 6) is 0.245.